The fourth-order valence-electron chi connectivity index (χ4n) is 6.07. The molecule has 5 heteroatoms. The average Bonchev–Trinajstić information content (AvgIpc) is 3.64. The molecule has 0 saturated heterocycles. The summed E-state index contributed by atoms with van der Waals surface area (Å²) in [7, 11) is 0. The molecule has 0 spiro atoms. The van der Waals surface area contributed by atoms with Gasteiger partial charge in [0.05, 0.1) is 16.7 Å². The van der Waals surface area contributed by atoms with Crippen LogP contribution in [0.5, 0.6) is 11.5 Å². The van der Waals surface area contributed by atoms with Gasteiger partial charge in [-0.3, -0.25) is 9.13 Å². The Morgan fingerprint density at radius 3 is 2.09 bits per heavy atom. The Morgan fingerprint density at radius 2 is 1.33 bits per heavy atom. The fourth-order valence-corrected chi connectivity index (χ4v) is 6.07. The van der Waals surface area contributed by atoms with Gasteiger partial charge in [-0.25, -0.2) is 9.97 Å². The highest BCUT2D eigenvalue weighted by atomic mass is 16.5. The molecular weight excluding hydrogens is 528 g/mol. The largest absolute Gasteiger partial charge is 0.457 e. The van der Waals surface area contributed by atoms with Crippen molar-refractivity contribution in [3.63, 3.8) is 0 Å². The molecule has 0 bridgehead atoms. The minimum atomic E-state index is 0.384. The molecule has 0 aliphatic carbocycles. The molecule has 212 valence electrons. The van der Waals surface area contributed by atoms with Gasteiger partial charge in [0.15, 0.2) is 0 Å². The van der Waals surface area contributed by atoms with Gasteiger partial charge < -0.3 is 4.74 Å². The normalized spacial score (nSPS) is 11.7. The van der Waals surface area contributed by atoms with Gasteiger partial charge in [0.1, 0.15) is 23.1 Å². The monoisotopic (exact) mass is 562 g/mol. The summed E-state index contributed by atoms with van der Waals surface area (Å²) >= 11 is 0. The first-order chi connectivity index (χ1) is 21.0. The maximum atomic E-state index is 6.51. The van der Waals surface area contributed by atoms with Crippen LogP contribution in [0.3, 0.4) is 0 Å². The topological polar surface area (TPSA) is 44.9 Å². The molecule has 7 aromatic rings. The average molecular weight is 563 g/mol. The number of imidazole rings is 1. The number of pyridine rings is 1. The number of hydrogen-bond donors (Lipinski definition) is 0. The molecule has 0 unspecified atom stereocenters. The minimum Gasteiger partial charge on any atom is -0.457 e. The standard InChI is InChI=1S/C38H34N4O/c1-25(2)30-14-10-15-31(26(3)4)37(30)41-22-21-40-38(41)27-11-9-12-28(23-27)43-29-18-19-33-32-13-5-6-16-34(32)42(35(33)24-29)36-17-7-8-20-39-36/h5-26H,1-4H3. The predicted octanol–water partition coefficient (Wildman–Crippen LogP) is 10.1. The lowest BCUT2D eigenvalue weighted by Crippen LogP contribution is -2.07. The maximum absolute atomic E-state index is 6.51. The second-order valence-electron chi connectivity index (χ2n) is 11.6. The van der Waals surface area contributed by atoms with Crippen molar-refractivity contribution in [3.05, 3.63) is 133 Å². The third-order valence-electron chi connectivity index (χ3n) is 8.08. The van der Waals surface area contributed by atoms with Gasteiger partial charge in [-0.05, 0) is 65.4 Å². The van der Waals surface area contributed by atoms with Crippen molar-refractivity contribution in [3.8, 4) is 34.4 Å². The van der Waals surface area contributed by atoms with Crippen LogP contribution < -0.4 is 4.74 Å². The summed E-state index contributed by atoms with van der Waals surface area (Å²) in [4.78, 5) is 9.47. The Labute approximate surface area is 252 Å². The maximum Gasteiger partial charge on any atom is 0.144 e. The van der Waals surface area contributed by atoms with E-state index in [4.69, 9.17) is 9.72 Å². The number of nitrogens with zero attached hydrogens (tertiary/aromatic N) is 4. The number of aromatic nitrogens is 4. The number of hydrogen-bond acceptors (Lipinski definition) is 3. The van der Waals surface area contributed by atoms with Crippen LogP contribution in [-0.2, 0) is 0 Å². The summed E-state index contributed by atoms with van der Waals surface area (Å²) in [5.74, 6) is 4.06. The summed E-state index contributed by atoms with van der Waals surface area (Å²) in [6, 6.07) is 35.5. The number of fused-ring (bicyclic) bond motifs is 3. The number of ether oxygens (including phenoxy) is 1. The van der Waals surface area contributed by atoms with Crippen molar-refractivity contribution in [1.82, 2.24) is 19.1 Å². The van der Waals surface area contributed by atoms with Gasteiger partial charge in [-0.2, -0.15) is 0 Å². The fraction of sp³-hybridized carbons (Fsp3) is 0.158. The molecule has 4 aromatic carbocycles. The first-order valence-electron chi connectivity index (χ1n) is 14.9. The summed E-state index contributed by atoms with van der Waals surface area (Å²) in [5, 5.41) is 2.35. The molecule has 0 saturated carbocycles. The Balaban J connectivity index is 1.29. The number of benzene rings is 4. The third kappa shape index (κ3) is 4.77. The van der Waals surface area contributed by atoms with Crippen LogP contribution in [0.15, 0.2) is 122 Å². The molecule has 0 N–H and O–H groups in total. The lowest BCUT2D eigenvalue weighted by Gasteiger charge is -2.22. The summed E-state index contributed by atoms with van der Waals surface area (Å²) in [6.07, 6.45) is 5.78. The van der Waals surface area contributed by atoms with E-state index in [1.807, 2.05) is 48.8 Å². The Bertz CT molecular complexity index is 2040. The second-order valence-corrected chi connectivity index (χ2v) is 11.6. The van der Waals surface area contributed by atoms with Crippen molar-refractivity contribution in [2.24, 2.45) is 0 Å². The lowest BCUT2D eigenvalue weighted by molar-refractivity contribution is 0.483. The number of para-hydroxylation sites is 2. The van der Waals surface area contributed by atoms with Crippen LogP contribution >= 0.6 is 0 Å². The molecular formula is C38H34N4O. The Kier molecular flexibility index (Phi) is 6.78. The van der Waals surface area contributed by atoms with E-state index in [1.54, 1.807) is 0 Å². The summed E-state index contributed by atoms with van der Waals surface area (Å²) < 4.78 is 10.9. The smallest absolute Gasteiger partial charge is 0.144 e. The van der Waals surface area contributed by atoms with Gasteiger partial charge in [-0.15, -0.1) is 0 Å². The van der Waals surface area contributed by atoms with E-state index in [2.05, 4.69) is 115 Å². The molecule has 3 heterocycles. The van der Waals surface area contributed by atoms with Crippen LogP contribution in [0.4, 0.5) is 0 Å². The Morgan fingerprint density at radius 1 is 0.605 bits per heavy atom. The van der Waals surface area contributed by atoms with E-state index >= 15 is 0 Å². The molecule has 0 aliphatic rings. The Hall–Kier alpha value is -5.16. The first-order valence-corrected chi connectivity index (χ1v) is 14.9. The first kappa shape index (κ1) is 26.7. The minimum absolute atomic E-state index is 0.384. The zero-order valence-electron chi connectivity index (χ0n) is 24.9. The summed E-state index contributed by atoms with van der Waals surface area (Å²) in [5.41, 5.74) is 7.02. The van der Waals surface area contributed by atoms with Gasteiger partial charge in [0.2, 0.25) is 0 Å². The van der Waals surface area contributed by atoms with Crippen molar-refractivity contribution >= 4 is 21.8 Å². The quantitative estimate of drug-likeness (QED) is 0.194. The van der Waals surface area contributed by atoms with Crippen molar-refractivity contribution in [1.29, 1.82) is 0 Å². The molecule has 0 atom stereocenters. The van der Waals surface area contributed by atoms with Crippen LogP contribution in [0.1, 0.15) is 50.7 Å². The van der Waals surface area contributed by atoms with E-state index in [1.165, 1.54) is 22.2 Å². The molecule has 0 fully saturated rings. The molecule has 7 rings (SSSR count). The molecule has 43 heavy (non-hydrogen) atoms. The summed E-state index contributed by atoms with van der Waals surface area (Å²) in [6.45, 7) is 8.99. The van der Waals surface area contributed by atoms with E-state index in [9.17, 15) is 0 Å². The van der Waals surface area contributed by atoms with Crippen LogP contribution in [0.25, 0.3) is 44.7 Å². The van der Waals surface area contributed by atoms with E-state index in [0.29, 0.717) is 11.8 Å². The molecule has 0 aliphatic heterocycles. The predicted molar refractivity (Wildman–Crippen MR) is 176 cm³/mol. The van der Waals surface area contributed by atoms with Gasteiger partial charge in [0, 0.05) is 41.0 Å². The van der Waals surface area contributed by atoms with Crippen molar-refractivity contribution < 1.29 is 4.74 Å². The van der Waals surface area contributed by atoms with Gasteiger partial charge >= 0.3 is 0 Å². The highest BCUT2D eigenvalue weighted by molar-refractivity contribution is 6.09. The SMILES string of the molecule is CC(C)c1cccc(C(C)C)c1-n1ccnc1-c1cccc(Oc2ccc3c4ccccc4n(-c4ccccn4)c3c2)c1. The molecule has 0 radical (unpaired) electrons. The van der Waals surface area contributed by atoms with Gasteiger partial charge in [0.25, 0.3) is 0 Å². The second kappa shape index (κ2) is 10.9. The molecule has 3 aromatic heterocycles. The van der Waals surface area contributed by atoms with Crippen molar-refractivity contribution in [2.75, 3.05) is 0 Å². The highest BCUT2D eigenvalue weighted by Crippen LogP contribution is 2.37. The zero-order chi connectivity index (χ0) is 29.5. The van der Waals surface area contributed by atoms with Crippen LogP contribution in [0.2, 0.25) is 0 Å². The molecule has 5 nitrogen and oxygen atoms in total. The van der Waals surface area contributed by atoms with Crippen LogP contribution in [0, 0.1) is 0 Å². The van der Waals surface area contributed by atoms with Crippen molar-refractivity contribution in [2.45, 2.75) is 39.5 Å². The van der Waals surface area contributed by atoms with Gasteiger partial charge in [-0.1, -0.05) is 82.3 Å². The lowest BCUT2D eigenvalue weighted by atomic mass is 9.92. The van der Waals surface area contributed by atoms with E-state index < -0.39 is 0 Å². The van der Waals surface area contributed by atoms with E-state index in [0.717, 1.165) is 45.1 Å². The zero-order valence-corrected chi connectivity index (χ0v) is 24.9. The molecule has 0 amide bonds. The highest BCUT2D eigenvalue weighted by Gasteiger charge is 2.19. The third-order valence-corrected chi connectivity index (χ3v) is 8.08. The van der Waals surface area contributed by atoms with E-state index in [-0.39, 0.29) is 0 Å². The van der Waals surface area contributed by atoms with Crippen LogP contribution in [-0.4, -0.2) is 19.1 Å². The number of rotatable bonds is 7.